The third kappa shape index (κ3) is 2.13. The monoisotopic (exact) mass is 273 g/mol. The molecule has 2 fully saturated rings. The van der Waals surface area contributed by atoms with Crippen molar-refractivity contribution in [1.29, 1.82) is 0 Å². The third-order valence-electron chi connectivity index (χ3n) is 5.71. The van der Waals surface area contributed by atoms with Crippen molar-refractivity contribution in [1.82, 2.24) is 0 Å². The molecule has 0 aromatic heterocycles. The number of benzene rings is 1. The Balaban J connectivity index is 1.46. The first-order chi connectivity index (χ1) is 9.31. The molecule has 1 aliphatic heterocycles. The highest BCUT2D eigenvalue weighted by Crippen LogP contribution is 2.51. The van der Waals surface area contributed by atoms with Gasteiger partial charge in [0.2, 0.25) is 0 Å². The minimum Gasteiger partial charge on any atom is -0.327 e. The number of nitrogens with two attached hydrogens (primary N) is 1. The summed E-state index contributed by atoms with van der Waals surface area (Å²) in [5.74, 6) is 4.79. The number of hydrogen-bond donors (Lipinski definition) is 1. The average Bonchev–Trinajstić information content (AvgIpc) is 3.13. The van der Waals surface area contributed by atoms with Crippen molar-refractivity contribution in [2.45, 2.75) is 49.0 Å². The van der Waals surface area contributed by atoms with Crippen molar-refractivity contribution in [3.63, 3.8) is 0 Å². The van der Waals surface area contributed by atoms with Crippen LogP contribution in [0.4, 0.5) is 0 Å². The van der Waals surface area contributed by atoms with E-state index in [4.69, 9.17) is 5.73 Å². The fourth-order valence-corrected chi connectivity index (χ4v) is 6.07. The Hall–Kier alpha value is -0.470. The van der Waals surface area contributed by atoms with Gasteiger partial charge in [-0.3, -0.25) is 0 Å². The van der Waals surface area contributed by atoms with Gasteiger partial charge in [-0.25, -0.2) is 0 Å². The molecule has 2 bridgehead atoms. The summed E-state index contributed by atoms with van der Waals surface area (Å²) in [5, 5.41) is 0. The quantitative estimate of drug-likeness (QED) is 0.900. The standard InChI is InChI=1S/C17H23NS/c18-16(9-13-8-11-5-6-12(13)7-11)15-10-19-17-4-2-1-3-14(15)17/h1-4,11-13,15-16H,5-10,18H2. The summed E-state index contributed by atoms with van der Waals surface area (Å²) in [6.07, 6.45) is 7.23. The summed E-state index contributed by atoms with van der Waals surface area (Å²) < 4.78 is 0. The van der Waals surface area contributed by atoms with Crippen molar-refractivity contribution in [2.24, 2.45) is 23.5 Å². The highest BCUT2D eigenvalue weighted by atomic mass is 32.2. The molecule has 1 aromatic carbocycles. The van der Waals surface area contributed by atoms with Crippen molar-refractivity contribution in [3.8, 4) is 0 Å². The van der Waals surface area contributed by atoms with E-state index in [0.717, 1.165) is 17.8 Å². The predicted octanol–water partition coefficient (Wildman–Crippen LogP) is 4.03. The molecule has 4 rings (SSSR count). The second kappa shape index (κ2) is 4.82. The van der Waals surface area contributed by atoms with Gasteiger partial charge >= 0.3 is 0 Å². The molecule has 0 spiro atoms. The Morgan fingerprint density at radius 1 is 1.21 bits per heavy atom. The molecule has 1 nitrogen and oxygen atoms in total. The molecule has 5 atom stereocenters. The molecule has 2 saturated carbocycles. The first-order valence-electron chi connectivity index (χ1n) is 7.78. The van der Waals surface area contributed by atoms with Gasteiger partial charge in [-0.1, -0.05) is 24.6 Å². The summed E-state index contributed by atoms with van der Waals surface area (Å²) in [6.45, 7) is 0. The van der Waals surface area contributed by atoms with Crippen LogP contribution in [0.1, 0.15) is 43.6 Å². The molecule has 2 N–H and O–H groups in total. The second-order valence-electron chi connectivity index (χ2n) is 6.79. The van der Waals surface area contributed by atoms with Crippen LogP contribution < -0.4 is 5.73 Å². The Morgan fingerprint density at radius 2 is 2.11 bits per heavy atom. The van der Waals surface area contributed by atoms with E-state index in [0.29, 0.717) is 12.0 Å². The van der Waals surface area contributed by atoms with Crippen LogP contribution in [0.2, 0.25) is 0 Å². The Morgan fingerprint density at radius 3 is 2.89 bits per heavy atom. The van der Waals surface area contributed by atoms with E-state index in [-0.39, 0.29) is 0 Å². The predicted molar refractivity (Wildman–Crippen MR) is 81.4 cm³/mol. The first kappa shape index (κ1) is 12.3. The minimum absolute atomic E-state index is 0.375. The average molecular weight is 273 g/mol. The molecule has 1 heterocycles. The molecule has 19 heavy (non-hydrogen) atoms. The lowest BCUT2D eigenvalue weighted by molar-refractivity contribution is 0.285. The van der Waals surface area contributed by atoms with Crippen LogP contribution in [0.25, 0.3) is 0 Å². The van der Waals surface area contributed by atoms with Crippen molar-refractivity contribution in [3.05, 3.63) is 29.8 Å². The SMILES string of the molecule is NC(CC1CC2CCC1C2)C1CSc2ccccc21. The molecule has 5 unspecified atom stereocenters. The van der Waals surface area contributed by atoms with Crippen LogP contribution in [0.15, 0.2) is 29.2 Å². The summed E-state index contributed by atoms with van der Waals surface area (Å²) >= 11 is 2.00. The largest absolute Gasteiger partial charge is 0.327 e. The fraction of sp³-hybridized carbons (Fsp3) is 0.647. The van der Waals surface area contributed by atoms with Crippen LogP contribution in [0.3, 0.4) is 0 Å². The fourth-order valence-electron chi connectivity index (χ4n) is 4.72. The zero-order valence-electron chi connectivity index (χ0n) is 11.4. The Kier molecular flexibility index (Phi) is 3.12. The smallest absolute Gasteiger partial charge is 0.0119 e. The number of rotatable bonds is 3. The molecule has 1 aromatic rings. The normalized spacial score (nSPS) is 37.5. The highest BCUT2D eigenvalue weighted by molar-refractivity contribution is 7.99. The van der Waals surface area contributed by atoms with Crippen LogP contribution in [0.5, 0.6) is 0 Å². The van der Waals surface area contributed by atoms with Gasteiger partial charge < -0.3 is 5.73 Å². The van der Waals surface area contributed by atoms with Gasteiger partial charge in [0.1, 0.15) is 0 Å². The van der Waals surface area contributed by atoms with Crippen LogP contribution >= 0.6 is 11.8 Å². The number of thioether (sulfide) groups is 1. The zero-order chi connectivity index (χ0) is 12.8. The summed E-state index contributed by atoms with van der Waals surface area (Å²) in [7, 11) is 0. The molecule has 0 saturated heterocycles. The summed E-state index contributed by atoms with van der Waals surface area (Å²) in [6, 6.07) is 9.24. The molecule has 0 amide bonds. The maximum absolute atomic E-state index is 6.59. The van der Waals surface area contributed by atoms with Gasteiger partial charge in [-0.05, 0) is 55.1 Å². The lowest BCUT2D eigenvalue weighted by Crippen LogP contribution is -2.32. The maximum Gasteiger partial charge on any atom is 0.0119 e. The van der Waals surface area contributed by atoms with Crippen LogP contribution in [-0.4, -0.2) is 11.8 Å². The lowest BCUT2D eigenvalue weighted by atomic mass is 9.80. The Bertz CT molecular complexity index is 472. The topological polar surface area (TPSA) is 26.0 Å². The number of hydrogen-bond acceptors (Lipinski definition) is 2. The first-order valence-corrected chi connectivity index (χ1v) is 8.77. The van der Waals surface area contributed by atoms with E-state index >= 15 is 0 Å². The van der Waals surface area contributed by atoms with Crippen LogP contribution in [0, 0.1) is 17.8 Å². The van der Waals surface area contributed by atoms with Gasteiger partial charge in [0, 0.05) is 22.6 Å². The molecule has 102 valence electrons. The van der Waals surface area contributed by atoms with E-state index in [1.807, 2.05) is 11.8 Å². The molecule has 0 radical (unpaired) electrons. The van der Waals surface area contributed by atoms with Crippen molar-refractivity contribution in [2.75, 3.05) is 5.75 Å². The van der Waals surface area contributed by atoms with E-state index in [1.165, 1.54) is 48.3 Å². The van der Waals surface area contributed by atoms with Gasteiger partial charge in [0.15, 0.2) is 0 Å². The minimum atomic E-state index is 0.375. The van der Waals surface area contributed by atoms with E-state index < -0.39 is 0 Å². The van der Waals surface area contributed by atoms with E-state index in [2.05, 4.69) is 24.3 Å². The summed E-state index contributed by atoms with van der Waals surface area (Å²) in [4.78, 5) is 1.47. The van der Waals surface area contributed by atoms with Crippen LogP contribution in [-0.2, 0) is 0 Å². The molecular weight excluding hydrogens is 250 g/mol. The van der Waals surface area contributed by atoms with E-state index in [9.17, 15) is 0 Å². The van der Waals surface area contributed by atoms with E-state index in [1.54, 1.807) is 0 Å². The zero-order valence-corrected chi connectivity index (χ0v) is 12.2. The molecule has 2 heteroatoms. The number of fused-ring (bicyclic) bond motifs is 3. The third-order valence-corrected chi connectivity index (χ3v) is 6.92. The van der Waals surface area contributed by atoms with Gasteiger partial charge in [0.25, 0.3) is 0 Å². The van der Waals surface area contributed by atoms with Gasteiger partial charge in [0.05, 0.1) is 0 Å². The van der Waals surface area contributed by atoms with Crippen molar-refractivity contribution < 1.29 is 0 Å². The Labute approximate surface area is 120 Å². The molecular formula is C17H23NS. The lowest BCUT2D eigenvalue weighted by Gasteiger charge is -2.28. The second-order valence-corrected chi connectivity index (χ2v) is 7.85. The molecule has 2 aliphatic carbocycles. The maximum atomic E-state index is 6.59. The highest BCUT2D eigenvalue weighted by Gasteiger charge is 2.41. The van der Waals surface area contributed by atoms with Crippen molar-refractivity contribution >= 4 is 11.8 Å². The van der Waals surface area contributed by atoms with Gasteiger partial charge in [-0.15, -0.1) is 11.8 Å². The summed E-state index contributed by atoms with van der Waals surface area (Å²) in [5.41, 5.74) is 8.11. The van der Waals surface area contributed by atoms with Gasteiger partial charge in [-0.2, -0.15) is 0 Å². The molecule has 3 aliphatic rings.